The topological polar surface area (TPSA) is 328 Å². The van der Waals surface area contributed by atoms with Gasteiger partial charge in [0, 0.05) is 25.4 Å². The summed E-state index contributed by atoms with van der Waals surface area (Å²) in [5, 5.41) is 25.4. The van der Waals surface area contributed by atoms with Gasteiger partial charge in [0.2, 0.25) is 35.4 Å². The van der Waals surface area contributed by atoms with Crippen LogP contribution in [0.5, 0.6) is 0 Å². The number of amides is 6. The molecule has 19 heteroatoms. The number of carboxylic acids is 1. The second kappa shape index (κ2) is 29.0. The number of unbranched alkanes of at least 4 members (excludes halogenated alkanes) is 2. The van der Waals surface area contributed by atoms with Crippen molar-refractivity contribution in [1.29, 1.82) is 0 Å². The number of guanidine groups is 1. The highest BCUT2D eigenvalue weighted by atomic mass is 16.4. The summed E-state index contributed by atoms with van der Waals surface area (Å²) in [6, 6.07) is 3.34. The average Bonchev–Trinajstić information content (AvgIpc) is 3.22. The van der Waals surface area contributed by atoms with Crippen molar-refractivity contribution in [2.75, 3.05) is 26.2 Å². The zero-order valence-corrected chi connectivity index (χ0v) is 35.9. The summed E-state index contributed by atoms with van der Waals surface area (Å²) in [4.78, 5) is 95.7. The van der Waals surface area contributed by atoms with Gasteiger partial charge in [0.05, 0.1) is 6.04 Å². The van der Waals surface area contributed by atoms with Gasteiger partial charge in [-0.15, -0.1) is 0 Å². The predicted molar refractivity (Wildman–Crippen MR) is 232 cm³/mol. The second-order valence-corrected chi connectivity index (χ2v) is 16.1. The maximum Gasteiger partial charge on any atom is 0.322 e. The van der Waals surface area contributed by atoms with E-state index in [1.807, 2.05) is 13.8 Å². The molecule has 1 aromatic carbocycles. The first-order valence-electron chi connectivity index (χ1n) is 21.6. The fraction of sp³-hybridized carbons (Fsp3) is 0.667. The molecule has 1 aromatic rings. The van der Waals surface area contributed by atoms with Crippen molar-refractivity contribution in [3.05, 3.63) is 35.9 Å². The van der Waals surface area contributed by atoms with Gasteiger partial charge >= 0.3 is 5.97 Å². The van der Waals surface area contributed by atoms with E-state index in [-0.39, 0.29) is 55.9 Å². The standard InChI is InChI=1S/C42H71N11O8/c1-27(2)24-33(41(61)53-34(38(58)49-26-35(54)55)25-28-14-5-3-6-15-28)52-40(60)31(19-9-11-21-43)51-39(59)32(20-13-23-48-42(45)46)50-37(57)30(44)18-10-12-22-47-36(56)29-16-7-4-8-17-29/h3,5-6,14-15,27,29-34H,4,7-13,16-26,43-44H2,1-2H3,(H,47,56)(H,49,58)(H,50,57)(H,51,59)(H,52,60)(H,53,61)(H,54,55)(H4,45,46,48)/t30-,31-,32-,33-,34-/m0/s1. The normalized spacial score (nSPS) is 15.2. The van der Waals surface area contributed by atoms with Gasteiger partial charge in [0.25, 0.3) is 0 Å². The predicted octanol–water partition coefficient (Wildman–Crippen LogP) is -0.208. The summed E-state index contributed by atoms with van der Waals surface area (Å²) >= 11 is 0. The molecular formula is C42H71N11O8. The minimum atomic E-state index is -1.26. The fourth-order valence-corrected chi connectivity index (χ4v) is 7.02. The molecule has 61 heavy (non-hydrogen) atoms. The van der Waals surface area contributed by atoms with E-state index in [9.17, 15) is 33.6 Å². The maximum absolute atomic E-state index is 14.0. The molecule has 19 nitrogen and oxygen atoms in total. The van der Waals surface area contributed by atoms with Crippen LogP contribution in [0.4, 0.5) is 0 Å². The molecule has 5 atom stereocenters. The van der Waals surface area contributed by atoms with Crippen LogP contribution in [0, 0.1) is 11.8 Å². The van der Waals surface area contributed by atoms with E-state index < -0.39 is 72.3 Å². The molecule has 0 aromatic heterocycles. The fourth-order valence-electron chi connectivity index (χ4n) is 7.02. The van der Waals surface area contributed by atoms with E-state index in [1.54, 1.807) is 30.3 Å². The number of hydrogen-bond donors (Lipinski definition) is 11. The lowest BCUT2D eigenvalue weighted by Gasteiger charge is -2.27. The van der Waals surface area contributed by atoms with Crippen LogP contribution in [-0.4, -0.2) is 109 Å². The van der Waals surface area contributed by atoms with Crippen LogP contribution in [0.15, 0.2) is 35.3 Å². The van der Waals surface area contributed by atoms with Crippen LogP contribution in [0.25, 0.3) is 0 Å². The molecule has 0 spiro atoms. The van der Waals surface area contributed by atoms with Crippen molar-refractivity contribution < 1.29 is 38.7 Å². The number of carboxylic acid groups (broad SMARTS) is 1. The van der Waals surface area contributed by atoms with E-state index in [2.05, 4.69) is 36.9 Å². The van der Waals surface area contributed by atoms with Crippen LogP contribution in [0.2, 0.25) is 0 Å². The molecule has 0 unspecified atom stereocenters. The third kappa shape index (κ3) is 21.7. The number of carbonyl (C=O) groups excluding carboxylic acids is 6. The molecule has 1 fully saturated rings. The molecule has 6 amide bonds. The number of hydrogen-bond acceptors (Lipinski definition) is 10. The van der Waals surface area contributed by atoms with E-state index in [0.717, 1.165) is 32.1 Å². The Hall–Kier alpha value is -5.30. The summed E-state index contributed by atoms with van der Waals surface area (Å²) in [7, 11) is 0. The molecule has 0 bridgehead atoms. The Balaban J connectivity index is 2.18. The first-order chi connectivity index (χ1) is 29.1. The van der Waals surface area contributed by atoms with Gasteiger partial charge in [-0.1, -0.05) is 63.4 Å². The number of benzene rings is 1. The van der Waals surface area contributed by atoms with Gasteiger partial charge in [0.15, 0.2) is 5.96 Å². The van der Waals surface area contributed by atoms with E-state index in [4.69, 9.17) is 28.0 Å². The molecule has 342 valence electrons. The third-order valence-corrected chi connectivity index (χ3v) is 10.4. The van der Waals surface area contributed by atoms with Crippen LogP contribution in [-0.2, 0) is 40.0 Å². The van der Waals surface area contributed by atoms with E-state index in [1.165, 1.54) is 0 Å². The van der Waals surface area contributed by atoms with Crippen LogP contribution in [0.1, 0.15) is 109 Å². The Morgan fingerprint density at radius 1 is 0.705 bits per heavy atom. The highest BCUT2D eigenvalue weighted by Crippen LogP contribution is 2.23. The molecule has 0 saturated heterocycles. The first kappa shape index (κ1) is 51.8. The van der Waals surface area contributed by atoms with Gasteiger partial charge in [-0.25, -0.2) is 0 Å². The smallest absolute Gasteiger partial charge is 0.322 e. The van der Waals surface area contributed by atoms with Gasteiger partial charge in [-0.05, 0) is 88.7 Å². The van der Waals surface area contributed by atoms with Gasteiger partial charge in [-0.2, -0.15) is 0 Å². The molecule has 0 aliphatic heterocycles. The molecule has 15 N–H and O–H groups in total. The Morgan fingerprint density at radius 2 is 1.28 bits per heavy atom. The molecule has 0 radical (unpaired) electrons. The number of aliphatic carboxylic acids is 1. The highest BCUT2D eigenvalue weighted by molar-refractivity contribution is 5.96. The number of carbonyl (C=O) groups is 7. The minimum absolute atomic E-state index is 0.0523. The van der Waals surface area contributed by atoms with Crippen molar-refractivity contribution in [3.63, 3.8) is 0 Å². The molecule has 0 heterocycles. The van der Waals surface area contributed by atoms with Gasteiger partial charge in [0.1, 0.15) is 30.7 Å². The molecule has 1 aliphatic carbocycles. The summed E-state index contributed by atoms with van der Waals surface area (Å²) in [5.74, 6) is -4.65. The summed E-state index contributed by atoms with van der Waals surface area (Å²) in [6.07, 6.45) is 8.38. The lowest BCUT2D eigenvalue weighted by atomic mass is 9.88. The van der Waals surface area contributed by atoms with Crippen LogP contribution < -0.4 is 54.8 Å². The number of aliphatic imine (C=N–C) groups is 1. The Kier molecular flexibility index (Phi) is 24.7. The lowest BCUT2D eigenvalue weighted by Crippen LogP contribution is -2.59. The van der Waals surface area contributed by atoms with Crippen molar-refractivity contribution in [2.24, 2.45) is 39.8 Å². The van der Waals surface area contributed by atoms with E-state index >= 15 is 0 Å². The number of nitrogens with one attached hydrogen (secondary N) is 6. The average molecular weight is 858 g/mol. The molecular weight excluding hydrogens is 787 g/mol. The maximum atomic E-state index is 14.0. The number of nitrogens with zero attached hydrogens (tertiary/aromatic N) is 1. The quantitative estimate of drug-likeness (QED) is 0.0283. The Labute approximate surface area is 359 Å². The number of rotatable bonds is 29. The summed E-state index contributed by atoms with van der Waals surface area (Å²) < 4.78 is 0. The number of nitrogens with two attached hydrogens (primary N) is 4. The zero-order chi connectivity index (χ0) is 45.2. The van der Waals surface area contributed by atoms with Crippen molar-refractivity contribution >= 4 is 47.4 Å². The largest absolute Gasteiger partial charge is 0.480 e. The van der Waals surface area contributed by atoms with Gasteiger partial charge < -0.3 is 59.9 Å². The Bertz CT molecular complexity index is 1570. The van der Waals surface area contributed by atoms with E-state index in [0.29, 0.717) is 57.2 Å². The minimum Gasteiger partial charge on any atom is -0.480 e. The van der Waals surface area contributed by atoms with Crippen LogP contribution >= 0.6 is 0 Å². The monoisotopic (exact) mass is 858 g/mol. The van der Waals surface area contributed by atoms with Gasteiger partial charge in [-0.3, -0.25) is 38.6 Å². The van der Waals surface area contributed by atoms with Crippen molar-refractivity contribution in [3.8, 4) is 0 Å². The Morgan fingerprint density at radius 3 is 1.89 bits per heavy atom. The van der Waals surface area contributed by atoms with Crippen molar-refractivity contribution in [1.82, 2.24) is 31.9 Å². The molecule has 2 rings (SSSR count). The zero-order valence-electron chi connectivity index (χ0n) is 35.9. The lowest BCUT2D eigenvalue weighted by molar-refractivity contribution is -0.138. The molecule has 1 saturated carbocycles. The van der Waals surface area contributed by atoms with Crippen molar-refractivity contribution in [2.45, 2.75) is 140 Å². The summed E-state index contributed by atoms with van der Waals surface area (Å²) in [6.45, 7) is 4.03. The van der Waals surface area contributed by atoms with Crippen LogP contribution in [0.3, 0.4) is 0 Å². The summed E-state index contributed by atoms with van der Waals surface area (Å²) in [5.41, 5.74) is 23.6. The molecule has 1 aliphatic rings. The highest BCUT2D eigenvalue weighted by Gasteiger charge is 2.32. The first-order valence-corrected chi connectivity index (χ1v) is 21.6. The second-order valence-electron chi connectivity index (χ2n) is 16.1. The SMILES string of the molecule is CC(C)C[C@H](NC(=O)[C@H](CCCCN)NC(=O)[C@H](CCCN=C(N)N)NC(=O)[C@@H](N)CCCCNC(=O)C1CCCCC1)C(=O)N[C@@H](Cc1ccccc1)C(=O)NCC(=O)O. The third-order valence-electron chi connectivity index (χ3n) is 10.4.